The Hall–Kier alpha value is -2.05. The fourth-order valence-electron chi connectivity index (χ4n) is 2.09. The normalized spacial score (nSPS) is 10.7. The molecule has 3 nitrogen and oxygen atoms in total. The second kappa shape index (κ2) is 6.93. The topological polar surface area (TPSA) is 40.8 Å². The minimum absolute atomic E-state index is 0.677. The van der Waals surface area contributed by atoms with Crippen LogP contribution in [0.3, 0.4) is 0 Å². The van der Waals surface area contributed by atoms with Crippen LogP contribution < -0.4 is 5.32 Å². The van der Waals surface area contributed by atoms with Crippen molar-refractivity contribution >= 4 is 0 Å². The first-order valence-corrected chi connectivity index (χ1v) is 7.02. The highest BCUT2D eigenvalue weighted by Crippen LogP contribution is 2.08. The minimum Gasteiger partial charge on any atom is -0.350 e. The predicted molar refractivity (Wildman–Crippen MR) is 81.2 cm³/mol. The molecule has 0 aliphatic heterocycles. The molecule has 1 N–H and O–H groups in total. The van der Waals surface area contributed by atoms with Gasteiger partial charge in [-0.2, -0.15) is 5.26 Å². The van der Waals surface area contributed by atoms with Crippen LogP contribution in [0, 0.1) is 17.2 Å². The summed E-state index contributed by atoms with van der Waals surface area (Å²) in [6, 6.07) is 12.0. The van der Waals surface area contributed by atoms with Gasteiger partial charge in [0.1, 0.15) is 0 Å². The summed E-state index contributed by atoms with van der Waals surface area (Å²) in [6.45, 7) is 7.22. The van der Waals surface area contributed by atoms with E-state index in [0.717, 1.165) is 19.6 Å². The third-order valence-corrected chi connectivity index (χ3v) is 3.14. The van der Waals surface area contributed by atoms with E-state index in [2.05, 4.69) is 48.3 Å². The highest BCUT2D eigenvalue weighted by atomic mass is 14.9. The lowest BCUT2D eigenvalue weighted by molar-refractivity contribution is 0.552. The summed E-state index contributed by atoms with van der Waals surface area (Å²) >= 11 is 0. The van der Waals surface area contributed by atoms with Crippen LogP contribution >= 0.6 is 0 Å². The molecule has 1 heterocycles. The second-order valence-electron chi connectivity index (χ2n) is 5.53. The van der Waals surface area contributed by atoms with E-state index in [1.54, 1.807) is 0 Å². The number of rotatable bonds is 6. The number of benzene rings is 1. The largest absolute Gasteiger partial charge is 0.350 e. The smallest absolute Gasteiger partial charge is 0.0991 e. The Kier molecular flexibility index (Phi) is 4.97. The van der Waals surface area contributed by atoms with Crippen molar-refractivity contribution in [2.45, 2.75) is 26.9 Å². The molecule has 20 heavy (non-hydrogen) atoms. The lowest BCUT2D eigenvalue weighted by atomic mass is 10.1. The van der Waals surface area contributed by atoms with Crippen molar-refractivity contribution in [1.29, 1.82) is 5.26 Å². The van der Waals surface area contributed by atoms with Crippen molar-refractivity contribution in [3.63, 3.8) is 0 Å². The zero-order valence-corrected chi connectivity index (χ0v) is 12.1. The van der Waals surface area contributed by atoms with Crippen molar-refractivity contribution in [3.05, 3.63) is 59.4 Å². The van der Waals surface area contributed by atoms with Crippen LogP contribution in [0.25, 0.3) is 0 Å². The SMILES string of the molecule is CC(C)CNCc1ccn(Cc2ccc(C#N)cc2)c1. The van der Waals surface area contributed by atoms with Gasteiger partial charge in [0.05, 0.1) is 11.6 Å². The summed E-state index contributed by atoms with van der Waals surface area (Å²) in [4.78, 5) is 0. The highest BCUT2D eigenvalue weighted by molar-refractivity contribution is 5.31. The number of nitrogens with zero attached hydrogens (tertiary/aromatic N) is 2. The summed E-state index contributed by atoms with van der Waals surface area (Å²) < 4.78 is 2.17. The van der Waals surface area contributed by atoms with Crippen LogP contribution in [0.1, 0.15) is 30.5 Å². The zero-order valence-electron chi connectivity index (χ0n) is 12.1. The van der Waals surface area contributed by atoms with Crippen molar-refractivity contribution in [2.75, 3.05) is 6.54 Å². The number of nitrogens with one attached hydrogen (secondary N) is 1. The monoisotopic (exact) mass is 267 g/mol. The first-order valence-electron chi connectivity index (χ1n) is 7.02. The van der Waals surface area contributed by atoms with E-state index < -0.39 is 0 Å². The van der Waals surface area contributed by atoms with E-state index in [9.17, 15) is 0 Å². The zero-order chi connectivity index (χ0) is 14.4. The van der Waals surface area contributed by atoms with Crippen molar-refractivity contribution in [2.24, 2.45) is 5.92 Å². The van der Waals surface area contributed by atoms with Gasteiger partial charge >= 0.3 is 0 Å². The predicted octanol–water partition coefficient (Wildman–Crippen LogP) is 3.15. The number of nitriles is 1. The first kappa shape index (κ1) is 14.4. The van der Waals surface area contributed by atoms with E-state index >= 15 is 0 Å². The van der Waals surface area contributed by atoms with Crippen LogP contribution in [0.15, 0.2) is 42.7 Å². The van der Waals surface area contributed by atoms with Gasteiger partial charge in [0.25, 0.3) is 0 Å². The number of hydrogen-bond acceptors (Lipinski definition) is 2. The maximum atomic E-state index is 8.78. The Bertz CT molecular complexity index is 573. The molecule has 0 amide bonds. The molecule has 0 radical (unpaired) electrons. The van der Waals surface area contributed by atoms with Crippen LogP contribution in [-0.4, -0.2) is 11.1 Å². The fourth-order valence-corrected chi connectivity index (χ4v) is 2.09. The maximum Gasteiger partial charge on any atom is 0.0991 e. The van der Waals surface area contributed by atoms with Gasteiger partial charge in [0.2, 0.25) is 0 Å². The summed E-state index contributed by atoms with van der Waals surface area (Å²) in [5.74, 6) is 0.677. The minimum atomic E-state index is 0.677. The lowest BCUT2D eigenvalue weighted by Crippen LogP contribution is -2.18. The van der Waals surface area contributed by atoms with Crippen LogP contribution in [0.4, 0.5) is 0 Å². The molecule has 2 rings (SSSR count). The van der Waals surface area contributed by atoms with E-state index in [1.165, 1.54) is 11.1 Å². The van der Waals surface area contributed by atoms with E-state index in [0.29, 0.717) is 11.5 Å². The van der Waals surface area contributed by atoms with Gasteiger partial charge < -0.3 is 9.88 Å². The Labute approximate surface area is 120 Å². The molecular weight excluding hydrogens is 246 g/mol. The van der Waals surface area contributed by atoms with E-state index in [4.69, 9.17) is 5.26 Å². The fraction of sp³-hybridized carbons (Fsp3) is 0.353. The standard InChI is InChI=1S/C17H21N3/c1-14(2)10-19-11-17-7-8-20(13-17)12-16-5-3-15(9-18)4-6-16/h3-8,13-14,19H,10-12H2,1-2H3. The van der Waals surface area contributed by atoms with Crippen LogP contribution in [0.2, 0.25) is 0 Å². The quantitative estimate of drug-likeness (QED) is 0.873. The van der Waals surface area contributed by atoms with Crippen LogP contribution in [0.5, 0.6) is 0 Å². The molecule has 0 unspecified atom stereocenters. The molecule has 0 bridgehead atoms. The number of aromatic nitrogens is 1. The lowest BCUT2D eigenvalue weighted by Gasteiger charge is -2.06. The van der Waals surface area contributed by atoms with Gasteiger partial charge in [0.15, 0.2) is 0 Å². The Morgan fingerprint density at radius 1 is 1.15 bits per heavy atom. The molecule has 0 atom stereocenters. The molecule has 1 aromatic heterocycles. The van der Waals surface area contributed by atoms with Gasteiger partial charge in [0, 0.05) is 25.5 Å². The Morgan fingerprint density at radius 3 is 2.55 bits per heavy atom. The van der Waals surface area contributed by atoms with E-state index in [1.807, 2.05) is 24.3 Å². The number of hydrogen-bond donors (Lipinski definition) is 1. The summed E-state index contributed by atoms with van der Waals surface area (Å²) in [5, 5.41) is 12.2. The molecule has 3 heteroatoms. The summed E-state index contributed by atoms with van der Waals surface area (Å²) in [5.41, 5.74) is 3.22. The molecule has 0 spiro atoms. The van der Waals surface area contributed by atoms with Gasteiger partial charge in [-0.15, -0.1) is 0 Å². The van der Waals surface area contributed by atoms with Crippen molar-refractivity contribution in [1.82, 2.24) is 9.88 Å². The van der Waals surface area contributed by atoms with E-state index in [-0.39, 0.29) is 0 Å². The third kappa shape index (κ3) is 4.25. The summed E-state index contributed by atoms with van der Waals surface area (Å²) in [6.07, 6.45) is 4.27. The second-order valence-corrected chi connectivity index (χ2v) is 5.53. The average Bonchev–Trinajstić information content (AvgIpc) is 2.87. The van der Waals surface area contributed by atoms with Crippen LogP contribution in [-0.2, 0) is 13.1 Å². The van der Waals surface area contributed by atoms with Gasteiger partial charge in [-0.25, -0.2) is 0 Å². The molecule has 0 aliphatic rings. The van der Waals surface area contributed by atoms with Gasteiger partial charge in [-0.05, 0) is 41.8 Å². The molecule has 2 aromatic rings. The molecule has 0 saturated heterocycles. The third-order valence-electron chi connectivity index (χ3n) is 3.14. The summed E-state index contributed by atoms with van der Waals surface area (Å²) in [7, 11) is 0. The molecule has 0 fully saturated rings. The molecular formula is C17H21N3. The maximum absolute atomic E-state index is 8.78. The average molecular weight is 267 g/mol. The Morgan fingerprint density at radius 2 is 1.90 bits per heavy atom. The molecule has 1 aromatic carbocycles. The highest BCUT2D eigenvalue weighted by Gasteiger charge is 2.00. The molecule has 0 aliphatic carbocycles. The van der Waals surface area contributed by atoms with Crippen molar-refractivity contribution in [3.8, 4) is 6.07 Å². The van der Waals surface area contributed by atoms with Crippen molar-refractivity contribution < 1.29 is 0 Å². The Balaban J connectivity index is 1.90. The molecule has 104 valence electrons. The van der Waals surface area contributed by atoms with Gasteiger partial charge in [-0.1, -0.05) is 26.0 Å². The first-order chi connectivity index (χ1) is 9.67. The molecule has 0 saturated carbocycles. The van der Waals surface area contributed by atoms with Gasteiger partial charge in [-0.3, -0.25) is 0 Å².